The van der Waals surface area contributed by atoms with Crippen molar-refractivity contribution in [3.8, 4) is 17.2 Å². The first-order chi connectivity index (χ1) is 15.1. The van der Waals surface area contributed by atoms with Crippen molar-refractivity contribution < 1.29 is 42.1 Å². The summed E-state index contributed by atoms with van der Waals surface area (Å²) in [4.78, 5) is 29.1. The Hall–Kier alpha value is -3.54. The third kappa shape index (κ3) is 3.88. The Morgan fingerprint density at radius 2 is 1.78 bits per heavy atom. The summed E-state index contributed by atoms with van der Waals surface area (Å²) in [6, 6.07) is 2.27. The van der Waals surface area contributed by atoms with Gasteiger partial charge in [-0.2, -0.15) is 13.2 Å². The number of carbonyl (C=O) groups excluding carboxylic acids is 2. The SMILES string of the molecule is COc1cc([C@H]2NC(=O)N[C@](O)(C(F)(F)F)[C@@H]2C(=O)c2cccnc2)cc(OC)c1OC. The molecule has 1 fully saturated rings. The van der Waals surface area contributed by atoms with Gasteiger partial charge in [0.05, 0.1) is 27.4 Å². The lowest BCUT2D eigenvalue weighted by Gasteiger charge is -2.45. The summed E-state index contributed by atoms with van der Waals surface area (Å²) in [6.45, 7) is 0. The Bertz CT molecular complexity index is 992. The highest BCUT2D eigenvalue weighted by atomic mass is 19.4. The molecule has 9 nitrogen and oxygen atoms in total. The molecule has 0 spiro atoms. The number of amides is 2. The van der Waals surface area contributed by atoms with E-state index in [0.29, 0.717) is 0 Å². The molecule has 1 aliphatic rings. The summed E-state index contributed by atoms with van der Waals surface area (Å²) in [5.41, 5.74) is -4.04. The number of aliphatic hydroxyl groups is 1. The molecule has 3 rings (SSSR count). The first-order valence-corrected chi connectivity index (χ1v) is 9.19. The molecule has 0 saturated carbocycles. The van der Waals surface area contributed by atoms with Crippen LogP contribution >= 0.6 is 0 Å². The first kappa shape index (κ1) is 23.1. The normalized spacial score (nSPS) is 23.0. The van der Waals surface area contributed by atoms with Crippen LogP contribution in [0.1, 0.15) is 22.0 Å². The number of pyridine rings is 1. The summed E-state index contributed by atoms with van der Waals surface area (Å²) in [5, 5.41) is 14.4. The van der Waals surface area contributed by atoms with Crippen molar-refractivity contribution in [2.75, 3.05) is 21.3 Å². The summed E-state index contributed by atoms with van der Waals surface area (Å²) < 4.78 is 57.6. The lowest BCUT2D eigenvalue weighted by molar-refractivity contribution is -0.287. The predicted molar refractivity (Wildman–Crippen MR) is 104 cm³/mol. The largest absolute Gasteiger partial charge is 0.493 e. The summed E-state index contributed by atoms with van der Waals surface area (Å²) in [6.07, 6.45) is -2.97. The van der Waals surface area contributed by atoms with Gasteiger partial charge in [0.2, 0.25) is 11.5 Å². The molecule has 2 heterocycles. The zero-order valence-electron chi connectivity index (χ0n) is 17.2. The number of urea groups is 1. The minimum absolute atomic E-state index is 0.0132. The molecule has 32 heavy (non-hydrogen) atoms. The number of nitrogens with one attached hydrogen (secondary N) is 2. The molecule has 1 aliphatic heterocycles. The van der Waals surface area contributed by atoms with Crippen LogP contribution in [0.2, 0.25) is 0 Å². The van der Waals surface area contributed by atoms with E-state index in [1.165, 1.54) is 57.1 Å². The van der Waals surface area contributed by atoms with E-state index in [2.05, 4.69) is 10.3 Å². The maximum Gasteiger partial charge on any atom is 0.437 e. The van der Waals surface area contributed by atoms with Crippen LogP contribution in [0.25, 0.3) is 0 Å². The van der Waals surface area contributed by atoms with Gasteiger partial charge in [0.25, 0.3) is 0 Å². The van der Waals surface area contributed by atoms with Crippen LogP contribution in [0.3, 0.4) is 0 Å². The molecule has 1 aromatic heterocycles. The number of hydrogen-bond donors (Lipinski definition) is 3. The number of aromatic nitrogens is 1. The van der Waals surface area contributed by atoms with Crippen LogP contribution in [-0.2, 0) is 0 Å². The topological polar surface area (TPSA) is 119 Å². The van der Waals surface area contributed by atoms with Crippen molar-refractivity contribution >= 4 is 11.8 Å². The number of hydrogen-bond acceptors (Lipinski definition) is 7. The maximum atomic E-state index is 14.0. The van der Waals surface area contributed by atoms with E-state index < -0.39 is 35.7 Å². The van der Waals surface area contributed by atoms with Crippen molar-refractivity contribution in [3.63, 3.8) is 0 Å². The number of methoxy groups -OCH3 is 3. The predicted octanol–water partition coefficient (Wildman–Crippen LogP) is 2.21. The minimum Gasteiger partial charge on any atom is -0.493 e. The molecule has 12 heteroatoms. The van der Waals surface area contributed by atoms with E-state index in [0.717, 1.165) is 6.20 Å². The van der Waals surface area contributed by atoms with Crippen LogP contribution < -0.4 is 24.8 Å². The van der Waals surface area contributed by atoms with Gasteiger partial charge in [-0.05, 0) is 29.8 Å². The third-order valence-electron chi connectivity index (χ3n) is 5.08. The number of alkyl halides is 3. The zero-order valence-corrected chi connectivity index (χ0v) is 17.2. The molecule has 0 aliphatic carbocycles. The van der Waals surface area contributed by atoms with Gasteiger partial charge in [0, 0.05) is 18.0 Å². The lowest BCUT2D eigenvalue weighted by Crippen LogP contribution is -2.72. The van der Waals surface area contributed by atoms with Crippen LogP contribution in [0, 0.1) is 5.92 Å². The van der Waals surface area contributed by atoms with Gasteiger partial charge in [-0.3, -0.25) is 9.78 Å². The number of ether oxygens (including phenoxy) is 3. The van der Waals surface area contributed by atoms with E-state index in [1.54, 1.807) is 0 Å². The van der Waals surface area contributed by atoms with E-state index in [9.17, 15) is 27.9 Å². The van der Waals surface area contributed by atoms with Crippen molar-refractivity contribution in [1.29, 1.82) is 0 Å². The van der Waals surface area contributed by atoms with Crippen molar-refractivity contribution in [2.24, 2.45) is 5.92 Å². The van der Waals surface area contributed by atoms with E-state index in [4.69, 9.17) is 14.2 Å². The summed E-state index contributed by atoms with van der Waals surface area (Å²) >= 11 is 0. The van der Waals surface area contributed by atoms with Crippen LogP contribution in [0.5, 0.6) is 17.2 Å². The Labute approximate surface area is 180 Å². The van der Waals surface area contributed by atoms with Gasteiger partial charge >= 0.3 is 12.2 Å². The molecular formula is C20H20F3N3O6. The first-order valence-electron chi connectivity index (χ1n) is 9.19. The van der Waals surface area contributed by atoms with Crippen molar-refractivity contribution in [2.45, 2.75) is 17.9 Å². The van der Waals surface area contributed by atoms with Gasteiger partial charge in [0.15, 0.2) is 17.3 Å². The van der Waals surface area contributed by atoms with E-state index >= 15 is 0 Å². The number of carbonyl (C=O) groups is 2. The Balaban J connectivity index is 2.24. The summed E-state index contributed by atoms with van der Waals surface area (Å²) in [5.74, 6) is -2.99. The molecule has 0 bridgehead atoms. The number of ketones is 1. The molecule has 2 amide bonds. The highest BCUT2D eigenvalue weighted by Gasteiger charge is 2.66. The minimum atomic E-state index is -5.38. The number of rotatable bonds is 6. The van der Waals surface area contributed by atoms with Crippen molar-refractivity contribution in [3.05, 3.63) is 47.8 Å². The molecule has 1 saturated heterocycles. The Morgan fingerprint density at radius 3 is 2.25 bits per heavy atom. The maximum absolute atomic E-state index is 14.0. The monoisotopic (exact) mass is 455 g/mol. The molecule has 3 N–H and O–H groups in total. The molecule has 0 radical (unpaired) electrons. The van der Waals surface area contributed by atoms with Gasteiger partial charge in [-0.1, -0.05) is 0 Å². The van der Waals surface area contributed by atoms with Crippen molar-refractivity contribution in [1.82, 2.24) is 15.6 Å². The molecular weight excluding hydrogens is 435 g/mol. The molecule has 3 atom stereocenters. The Morgan fingerprint density at radius 1 is 1.16 bits per heavy atom. The average Bonchev–Trinajstić information content (AvgIpc) is 2.76. The fourth-order valence-corrected chi connectivity index (χ4v) is 3.59. The fourth-order valence-electron chi connectivity index (χ4n) is 3.59. The van der Waals surface area contributed by atoms with Gasteiger partial charge in [0.1, 0.15) is 5.92 Å². The quantitative estimate of drug-likeness (QED) is 0.572. The number of nitrogens with zero attached hydrogens (tertiary/aromatic N) is 1. The van der Waals surface area contributed by atoms with Gasteiger partial charge in [-0.25, -0.2) is 4.79 Å². The molecule has 172 valence electrons. The zero-order chi connectivity index (χ0) is 23.7. The van der Waals surface area contributed by atoms with Crippen LogP contribution in [-0.4, -0.2) is 55.1 Å². The second-order valence-electron chi connectivity index (χ2n) is 6.88. The fraction of sp³-hybridized carbons (Fsp3) is 0.350. The number of benzene rings is 1. The molecule has 1 aromatic carbocycles. The lowest BCUT2D eigenvalue weighted by atomic mass is 9.77. The smallest absolute Gasteiger partial charge is 0.437 e. The second-order valence-corrected chi connectivity index (χ2v) is 6.88. The Kier molecular flexibility index (Phi) is 6.17. The van der Waals surface area contributed by atoms with Crippen LogP contribution in [0.15, 0.2) is 36.7 Å². The highest BCUT2D eigenvalue weighted by Crippen LogP contribution is 2.47. The van der Waals surface area contributed by atoms with E-state index in [-0.39, 0.29) is 28.4 Å². The number of Topliss-reactive ketones (excluding diaryl/α,β-unsaturated/α-hetero) is 1. The third-order valence-corrected chi connectivity index (χ3v) is 5.08. The average molecular weight is 455 g/mol. The standard InChI is InChI=1S/C20H20F3N3O6/c1-30-12-7-11(8-13(31-2)17(12)32-3)15-14(16(27)10-5-4-6-24-9-10)19(29,20(21,22)23)26-18(28)25-15/h4-9,14-15,29H,1-3H3,(H2,25,26,28)/t14-,15+,19+/m0/s1. The summed E-state index contributed by atoms with van der Waals surface area (Å²) in [7, 11) is 3.93. The molecule has 0 unspecified atom stereocenters. The van der Waals surface area contributed by atoms with E-state index in [1.807, 2.05) is 0 Å². The number of halogens is 3. The van der Waals surface area contributed by atoms with Crippen LogP contribution in [0.4, 0.5) is 18.0 Å². The molecule has 2 aromatic rings. The van der Waals surface area contributed by atoms with Gasteiger partial charge < -0.3 is 30.0 Å². The van der Waals surface area contributed by atoms with Gasteiger partial charge in [-0.15, -0.1) is 0 Å². The second kappa shape index (κ2) is 8.54. The highest BCUT2D eigenvalue weighted by molar-refractivity contribution is 6.00.